The molecule has 0 spiro atoms. The molecule has 1 aliphatic rings. The minimum Gasteiger partial charge on any atom is -0.510 e. The van der Waals surface area contributed by atoms with Gasteiger partial charge in [-0.1, -0.05) is 142 Å². The van der Waals surface area contributed by atoms with E-state index >= 15 is 0 Å². The van der Waals surface area contributed by atoms with E-state index in [9.17, 15) is 1.37 Å². The third kappa shape index (κ3) is 6.29. The van der Waals surface area contributed by atoms with E-state index in [1.54, 1.807) is 4.57 Å². The van der Waals surface area contributed by atoms with Crippen LogP contribution in [0, 0.1) is 18.5 Å². The molecule has 0 saturated heterocycles. The van der Waals surface area contributed by atoms with Crippen molar-refractivity contribution in [3.63, 3.8) is 0 Å². The maximum Gasteiger partial charge on any atom is 0.267 e. The Morgan fingerprint density at radius 3 is 2.07 bits per heavy atom. The van der Waals surface area contributed by atoms with Gasteiger partial charge in [-0.25, -0.2) is 4.98 Å². The molecule has 0 atom stereocenters. The first-order valence-electron chi connectivity index (χ1n) is 20.4. The van der Waals surface area contributed by atoms with Crippen LogP contribution in [0.15, 0.2) is 176 Å². The molecule has 3 aromatic heterocycles. The molecule has 11 rings (SSSR count). The Labute approximate surface area is 365 Å². The molecule has 60 heavy (non-hydrogen) atoms. The summed E-state index contributed by atoms with van der Waals surface area (Å²) in [6, 6.07) is 63.3. The number of hydrogen-bond donors (Lipinski definition) is 0. The van der Waals surface area contributed by atoms with Gasteiger partial charge in [-0.3, -0.25) is 4.57 Å². The molecule has 7 aromatic carbocycles. The maximum atomic E-state index is 9.87. The van der Waals surface area contributed by atoms with Gasteiger partial charge < -0.3 is 13.9 Å². The molecular weight excluding hydrogens is 916 g/mol. The van der Waals surface area contributed by atoms with Crippen LogP contribution in [0.5, 0.6) is 11.5 Å². The number of fused-ring (bicyclic) bond motifs is 11. The molecule has 0 aliphatic carbocycles. The van der Waals surface area contributed by atoms with Crippen molar-refractivity contribution >= 4 is 21.8 Å². The van der Waals surface area contributed by atoms with E-state index in [-0.39, 0.29) is 32.7 Å². The van der Waals surface area contributed by atoms with Gasteiger partial charge in [-0.15, -0.1) is 29.7 Å². The molecule has 0 fully saturated rings. The predicted octanol–water partition coefficient (Wildman–Crippen LogP) is 12.7. The first kappa shape index (κ1) is 36.3. The van der Waals surface area contributed by atoms with Gasteiger partial charge in [-0.2, -0.15) is 18.2 Å². The number of ether oxygens (including phenoxy) is 1. The number of aromatic nitrogens is 4. The minimum atomic E-state index is -0.0382. The summed E-state index contributed by atoms with van der Waals surface area (Å²) in [5.74, 6) is 1.87. The summed E-state index contributed by atoms with van der Waals surface area (Å²) < 4.78 is 22.5. The number of nitrogens with zero attached hydrogens (tertiary/aromatic N) is 4. The maximum absolute atomic E-state index is 9.87. The van der Waals surface area contributed by atoms with Crippen LogP contribution >= 0.6 is 0 Å². The minimum absolute atomic E-state index is 0. The summed E-state index contributed by atoms with van der Waals surface area (Å²) in [4.78, 5) is 4.83. The van der Waals surface area contributed by atoms with Crippen molar-refractivity contribution in [1.82, 2.24) is 14.1 Å². The molecule has 0 amide bonds. The van der Waals surface area contributed by atoms with Crippen molar-refractivity contribution in [2.45, 2.75) is 26.2 Å². The van der Waals surface area contributed by atoms with Crippen molar-refractivity contribution in [3.8, 4) is 73.3 Å². The van der Waals surface area contributed by atoms with Gasteiger partial charge in [-0.05, 0) is 79.2 Å². The van der Waals surface area contributed by atoms with Gasteiger partial charge in [0, 0.05) is 50.5 Å². The molecule has 0 bridgehead atoms. The van der Waals surface area contributed by atoms with E-state index in [1.807, 2.05) is 42.6 Å². The Morgan fingerprint density at radius 2 is 1.27 bits per heavy atom. The summed E-state index contributed by atoms with van der Waals surface area (Å²) in [6.45, 7) is 6.64. The molecule has 0 N–H and O–H groups in total. The van der Waals surface area contributed by atoms with Crippen molar-refractivity contribution in [2.75, 3.05) is 0 Å². The summed E-state index contributed by atoms with van der Waals surface area (Å²) in [5, 5.41) is 2.18. The van der Waals surface area contributed by atoms with E-state index < -0.39 is 0 Å². The summed E-state index contributed by atoms with van der Waals surface area (Å²) >= 11 is 0. The second kappa shape index (κ2) is 14.8. The molecule has 0 saturated carbocycles. The fourth-order valence-corrected chi connectivity index (χ4v) is 8.44. The van der Waals surface area contributed by atoms with Gasteiger partial charge in [0.05, 0.1) is 12.8 Å². The zero-order valence-electron chi connectivity index (χ0n) is 34.2. The van der Waals surface area contributed by atoms with E-state index in [0.29, 0.717) is 17.2 Å². The fourth-order valence-electron chi connectivity index (χ4n) is 8.44. The number of pyridine rings is 1. The zero-order chi connectivity index (χ0) is 40.5. The second-order valence-corrected chi connectivity index (χ2v) is 16.0. The SMILES string of the molecule is [2H]c1c2[n+]([c-]n1-c1[c-]c(Oc3[c-]c4c(cc3)c3ccccc3n4-c3cc(C(C)(C)C)ccn3)ccc1)-c1c(-c3ccccc3)cccc1-c1ccccc1-c1ccccc1-2.[Pt]. The Bertz CT molecular complexity index is 3310. The molecule has 4 heterocycles. The van der Waals surface area contributed by atoms with E-state index in [0.717, 1.165) is 77.9 Å². The van der Waals surface area contributed by atoms with Gasteiger partial charge in [0.15, 0.2) is 0 Å². The van der Waals surface area contributed by atoms with Crippen LogP contribution in [-0.2, 0) is 26.5 Å². The van der Waals surface area contributed by atoms with Gasteiger partial charge in [0.25, 0.3) is 6.33 Å². The first-order valence-corrected chi connectivity index (χ1v) is 19.9. The Hall–Kier alpha value is -6.81. The van der Waals surface area contributed by atoms with E-state index in [4.69, 9.17) is 9.72 Å². The smallest absolute Gasteiger partial charge is 0.267 e. The van der Waals surface area contributed by atoms with Crippen LogP contribution in [0.3, 0.4) is 0 Å². The first-order chi connectivity index (χ1) is 29.3. The van der Waals surface area contributed by atoms with Gasteiger partial charge in [0.2, 0.25) is 0 Å². The van der Waals surface area contributed by atoms with Crippen molar-refractivity contribution in [2.24, 2.45) is 0 Å². The van der Waals surface area contributed by atoms with Gasteiger partial charge in [0.1, 0.15) is 5.82 Å². The largest absolute Gasteiger partial charge is 0.510 e. The standard InChI is InChI=1S/C54H38N4O.Pt/c1-54(2,3)37-29-30-55-52(31-37)58-49-26-12-11-23-46(49)47-28-27-40(33-50(47)58)59-39-18-13-17-38(32-39)56-34-51-45-22-10-9-20-43(45)42-19-7-8-21-44(42)48-25-14-24-41(53(48)57(51)35-56)36-15-5-4-6-16-36;/h4-31,34H,1-3H3;/q-2;/i34D;. The predicted molar refractivity (Wildman–Crippen MR) is 236 cm³/mol. The van der Waals surface area contributed by atoms with Crippen LogP contribution in [0.1, 0.15) is 27.7 Å². The Balaban J connectivity index is 0.00000445. The number of imidazole rings is 1. The van der Waals surface area contributed by atoms with Gasteiger partial charge >= 0.3 is 0 Å². The average Bonchev–Trinajstić information content (AvgIpc) is 3.79. The number of benzene rings is 7. The fraction of sp³-hybridized carbons (Fsp3) is 0.0741. The third-order valence-electron chi connectivity index (χ3n) is 11.3. The van der Waals surface area contributed by atoms with Crippen molar-refractivity contribution in [3.05, 3.63) is 200 Å². The summed E-state index contributed by atoms with van der Waals surface area (Å²) in [5.41, 5.74) is 12.8. The second-order valence-electron chi connectivity index (χ2n) is 16.0. The number of rotatable bonds is 5. The Kier molecular flexibility index (Phi) is 8.94. The molecule has 5 nitrogen and oxygen atoms in total. The molecular formula is C54H38N4OPt-2. The Morgan fingerprint density at radius 1 is 0.617 bits per heavy atom. The molecule has 6 heteroatoms. The number of hydrogen-bond acceptors (Lipinski definition) is 2. The van der Waals surface area contributed by atoms with Crippen LogP contribution in [-0.4, -0.2) is 14.1 Å². The average molecular weight is 955 g/mol. The normalized spacial score (nSPS) is 12.0. The summed E-state index contributed by atoms with van der Waals surface area (Å²) in [6.07, 6.45) is 5.80. The molecule has 292 valence electrons. The quantitative estimate of drug-likeness (QED) is 0.127. The molecule has 10 aromatic rings. The molecule has 0 radical (unpaired) electrons. The zero-order valence-corrected chi connectivity index (χ0v) is 35.5. The topological polar surface area (TPSA) is 35.9 Å². The third-order valence-corrected chi connectivity index (χ3v) is 11.3. The van der Waals surface area contributed by atoms with Crippen LogP contribution in [0.2, 0.25) is 0 Å². The van der Waals surface area contributed by atoms with Crippen molar-refractivity contribution < 1.29 is 31.7 Å². The number of para-hydroxylation sites is 2. The molecule has 1 aliphatic heterocycles. The monoisotopic (exact) mass is 954 g/mol. The van der Waals surface area contributed by atoms with Crippen LogP contribution in [0.25, 0.3) is 83.6 Å². The van der Waals surface area contributed by atoms with Crippen LogP contribution < -0.4 is 9.30 Å². The van der Waals surface area contributed by atoms with Crippen LogP contribution in [0.4, 0.5) is 0 Å². The summed E-state index contributed by atoms with van der Waals surface area (Å²) in [7, 11) is 0. The van der Waals surface area contributed by atoms with Crippen molar-refractivity contribution in [1.29, 1.82) is 0 Å². The van der Waals surface area contributed by atoms with E-state index in [1.165, 1.54) is 5.56 Å². The molecule has 0 unspecified atom stereocenters. The van der Waals surface area contributed by atoms with E-state index in [2.05, 4.69) is 176 Å².